The highest BCUT2D eigenvalue weighted by Crippen LogP contribution is 2.18. The predicted octanol–water partition coefficient (Wildman–Crippen LogP) is 1.85. The Hall–Kier alpha value is -1.88. The molecule has 1 atom stereocenters. The molecule has 0 spiro atoms. The Labute approximate surface area is 113 Å². The number of anilines is 1. The first kappa shape index (κ1) is 15.2. The van der Waals surface area contributed by atoms with Crippen LogP contribution in [-0.4, -0.2) is 25.0 Å². The van der Waals surface area contributed by atoms with Crippen molar-refractivity contribution in [1.82, 2.24) is 0 Å². The molecule has 1 rings (SSSR count). The van der Waals surface area contributed by atoms with Gasteiger partial charge in [0.15, 0.2) is 0 Å². The predicted molar refractivity (Wildman–Crippen MR) is 74.0 cm³/mol. The van der Waals surface area contributed by atoms with Gasteiger partial charge in [-0.05, 0) is 31.0 Å². The topological polar surface area (TPSA) is 81.4 Å². The van der Waals surface area contributed by atoms with E-state index in [1.54, 1.807) is 18.2 Å². The molecular weight excluding hydrogens is 244 g/mol. The fraction of sp³-hybridized carbons (Fsp3) is 0.429. The highest BCUT2D eigenvalue weighted by Gasteiger charge is 2.14. The number of benzene rings is 1. The second kappa shape index (κ2) is 6.89. The third-order valence-corrected chi connectivity index (χ3v) is 2.85. The van der Waals surface area contributed by atoms with Gasteiger partial charge in [0.05, 0.1) is 18.7 Å². The number of hydrogen-bond acceptors (Lipinski definition) is 4. The van der Waals surface area contributed by atoms with E-state index in [4.69, 9.17) is 5.73 Å². The van der Waals surface area contributed by atoms with Gasteiger partial charge in [0.2, 0.25) is 5.91 Å². The average molecular weight is 264 g/mol. The molecule has 3 N–H and O–H groups in total. The molecule has 1 amide bonds. The number of nitrogens with two attached hydrogens (primary N) is 1. The smallest absolute Gasteiger partial charge is 0.337 e. The van der Waals surface area contributed by atoms with E-state index in [2.05, 4.69) is 10.1 Å². The number of carbonyl (C=O) groups excluding carboxylic acids is 2. The van der Waals surface area contributed by atoms with Crippen LogP contribution in [0, 0.1) is 6.92 Å². The van der Waals surface area contributed by atoms with Gasteiger partial charge in [-0.15, -0.1) is 0 Å². The van der Waals surface area contributed by atoms with Crippen molar-refractivity contribution in [2.75, 3.05) is 12.4 Å². The van der Waals surface area contributed by atoms with Crippen LogP contribution in [0.5, 0.6) is 0 Å². The van der Waals surface area contributed by atoms with Crippen molar-refractivity contribution in [2.45, 2.75) is 32.7 Å². The first-order valence-electron chi connectivity index (χ1n) is 6.25. The Morgan fingerprint density at radius 3 is 2.68 bits per heavy atom. The summed E-state index contributed by atoms with van der Waals surface area (Å²) >= 11 is 0. The molecule has 1 aromatic rings. The molecule has 0 aliphatic heterocycles. The van der Waals surface area contributed by atoms with E-state index in [1.165, 1.54) is 7.11 Å². The summed E-state index contributed by atoms with van der Waals surface area (Å²) in [4.78, 5) is 23.3. The largest absolute Gasteiger partial charge is 0.465 e. The van der Waals surface area contributed by atoms with Crippen molar-refractivity contribution in [3.8, 4) is 0 Å². The van der Waals surface area contributed by atoms with Crippen LogP contribution in [0.4, 0.5) is 5.69 Å². The highest BCUT2D eigenvalue weighted by atomic mass is 16.5. The third-order valence-electron chi connectivity index (χ3n) is 2.85. The molecule has 0 bridgehead atoms. The first-order chi connectivity index (χ1) is 8.99. The zero-order chi connectivity index (χ0) is 14.4. The lowest BCUT2D eigenvalue weighted by atomic mass is 10.1. The Morgan fingerprint density at radius 1 is 1.42 bits per heavy atom. The van der Waals surface area contributed by atoms with Crippen LogP contribution in [0.1, 0.15) is 35.7 Å². The maximum Gasteiger partial charge on any atom is 0.337 e. The summed E-state index contributed by atoms with van der Waals surface area (Å²) in [5.41, 5.74) is 7.59. The van der Waals surface area contributed by atoms with Crippen LogP contribution in [0.15, 0.2) is 18.2 Å². The van der Waals surface area contributed by atoms with Gasteiger partial charge in [-0.1, -0.05) is 19.4 Å². The molecule has 0 fully saturated rings. The molecular formula is C14H20N2O3. The summed E-state index contributed by atoms with van der Waals surface area (Å²) in [7, 11) is 1.32. The minimum absolute atomic E-state index is 0.244. The SMILES string of the molecule is CCCC(N)C(=O)Nc1cc(C(=O)OC)ccc1C. The van der Waals surface area contributed by atoms with Gasteiger partial charge >= 0.3 is 5.97 Å². The number of nitrogens with one attached hydrogen (secondary N) is 1. The van der Waals surface area contributed by atoms with Crippen LogP contribution in [-0.2, 0) is 9.53 Å². The van der Waals surface area contributed by atoms with Crippen molar-refractivity contribution < 1.29 is 14.3 Å². The van der Waals surface area contributed by atoms with E-state index in [1.807, 2.05) is 13.8 Å². The summed E-state index contributed by atoms with van der Waals surface area (Å²) in [6, 6.07) is 4.47. The molecule has 0 heterocycles. The van der Waals surface area contributed by atoms with Gasteiger partial charge in [0.25, 0.3) is 0 Å². The van der Waals surface area contributed by atoms with E-state index in [9.17, 15) is 9.59 Å². The lowest BCUT2D eigenvalue weighted by molar-refractivity contribution is -0.117. The van der Waals surface area contributed by atoms with Crippen LogP contribution >= 0.6 is 0 Å². The highest BCUT2D eigenvalue weighted by molar-refractivity contribution is 5.97. The molecule has 5 heteroatoms. The second-order valence-electron chi connectivity index (χ2n) is 4.41. The number of rotatable bonds is 5. The molecule has 19 heavy (non-hydrogen) atoms. The van der Waals surface area contributed by atoms with E-state index in [-0.39, 0.29) is 5.91 Å². The number of amides is 1. The number of ether oxygens (including phenoxy) is 1. The molecule has 5 nitrogen and oxygen atoms in total. The van der Waals surface area contributed by atoms with E-state index in [0.29, 0.717) is 17.7 Å². The Kier molecular flexibility index (Phi) is 5.51. The summed E-state index contributed by atoms with van der Waals surface area (Å²) in [5.74, 6) is -0.680. The van der Waals surface area contributed by atoms with Crippen LogP contribution < -0.4 is 11.1 Å². The minimum atomic E-state index is -0.536. The van der Waals surface area contributed by atoms with E-state index < -0.39 is 12.0 Å². The fourth-order valence-electron chi connectivity index (χ4n) is 1.67. The maximum atomic E-state index is 11.9. The third kappa shape index (κ3) is 4.06. The maximum absolute atomic E-state index is 11.9. The monoisotopic (exact) mass is 264 g/mol. The van der Waals surface area contributed by atoms with Crippen molar-refractivity contribution in [3.05, 3.63) is 29.3 Å². The molecule has 1 unspecified atom stereocenters. The van der Waals surface area contributed by atoms with Gasteiger partial charge < -0.3 is 15.8 Å². The lowest BCUT2D eigenvalue weighted by Gasteiger charge is -2.13. The molecule has 0 aliphatic carbocycles. The minimum Gasteiger partial charge on any atom is -0.465 e. The van der Waals surface area contributed by atoms with Crippen molar-refractivity contribution in [2.24, 2.45) is 5.73 Å². The van der Waals surface area contributed by atoms with Crippen molar-refractivity contribution in [1.29, 1.82) is 0 Å². The molecule has 0 saturated heterocycles. The van der Waals surface area contributed by atoms with Crippen molar-refractivity contribution in [3.63, 3.8) is 0 Å². The normalized spacial score (nSPS) is 11.8. The number of methoxy groups -OCH3 is 1. The van der Waals surface area contributed by atoms with Gasteiger partial charge in [0.1, 0.15) is 0 Å². The number of aryl methyl sites for hydroxylation is 1. The van der Waals surface area contributed by atoms with Gasteiger partial charge in [-0.3, -0.25) is 4.79 Å². The molecule has 0 aromatic heterocycles. The Morgan fingerprint density at radius 2 is 2.11 bits per heavy atom. The molecule has 0 aliphatic rings. The molecule has 0 saturated carbocycles. The van der Waals surface area contributed by atoms with Crippen LogP contribution in [0.3, 0.4) is 0 Å². The number of esters is 1. The van der Waals surface area contributed by atoms with Gasteiger partial charge in [0, 0.05) is 5.69 Å². The van der Waals surface area contributed by atoms with Crippen LogP contribution in [0.2, 0.25) is 0 Å². The van der Waals surface area contributed by atoms with Crippen molar-refractivity contribution >= 4 is 17.6 Å². The number of hydrogen-bond donors (Lipinski definition) is 2. The molecule has 1 aromatic carbocycles. The Balaban J connectivity index is 2.88. The lowest BCUT2D eigenvalue weighted by Crippen LogP contribution is -2.35. The van der Waals surface area contributed by atoms with Gasteiger partial charge in [-0.2, -0.15) is 0 Å². The summed E-state index contributed by atoms with van der Waals surface area (Å²) in [6.07, 6.45) is 1.47. The average Bonchev–Trinajstić information content (AvgIpc) is 2.40. The van der Waals surface area contributed by atoms with E-state index >= 15 is 0 Å². The standard InChI is InChI=1S/C14H20N2O3/c1-4-5-11(15)13(17)16-12-8-10(14(18)19-3)7-6-9(12)2/h6-8,11H,4-5,15H2,1-3H3,(H,16,17). The van der Waals surface area contributed by atoms with E-state index in [0.717, 1.165) is 12.0 Å². The summed E-state index contributed by atoms with van der Waals surface area (Å²) in [6.45, 7) is 3.82. The molecule has 0 radical (unpaired) electrons. The first-order valence-corrected chi connectivity index (χ1v) is 6.25. The van der Waals surface area contributed by atoms with Gasteiger partial charge in [-0.25, -0.2) is 4.79 Å². The zero-order valence-electron chi connectivity index (χ0n) is 11.5. The second-order valence-corrected chi connectivity index (χ2v) is 4.41. The zero-order valence-corrected chi connectivity index (χ0v) is 11.5. The quantitative estimate of drug-likeness (QED) is 0.795. The fourth-order valence-corrected chi connectivity index (χ4v) is 1.67. The summed E-state index contributed by atoms with van der Waals surface area (Å²) in [5, 5.41) is 2.74. The molecule has 104 valence electrons. The summed E-state index contributed by atoms with van der Waals surface area (Å²) < 4.78 is 4.65. The Bertz CT molecular complexity index is 472. The number of carbonyl (C=O) groups is 2. The van der Waals surface area contributed by atoms with Crippen LogP contribution in [0.25, 0.3) is 0 Å².